The summed E-state index contributed by atoms with van der Waals surface area (Å²) in [4.78, 5) is 16.3. The van der Waals surface area contributed by atoms with E-state index in [2.05, 4.69) is 32.7 Å². The number of allylic oxidation sites excluding steroid dienone is 2. The first-order valence-corrected chi connectivity index (χ1v) is 7.32. The molecule has 0 bridgehead atoms. The van der Waals surface area contributed by atoms with Crippen molar-refractivity contribution in [3.8, 4) is 11.4 Å². The number of amides is 1. The molecule has 3 rings (SSSR count). The number of H-pyrrole nitrogens is 1. The number of hydrogen-bond acceptors (Lipinski definition) is 3. The average molecular weight is 300 g/mol. The monoisotopic (exact) mass is 300 g/mol. The van der Waals surface area contributed by atoms with Gasteiger partial charge in [0.05, 0.1) is 6.54 Å². The van der Waals surface area contributed by atoms with Gasteiger partial charge in [-0.1, -0.05) is 12.2 Å². The van der Waals surface area contributed by atoms with Gasteiger partial charge >= 0.3 is 0 Å². The molecule has 1 unspecified atom stereocenters. The van der Waals surface area contributed by atoms with Gasteiger partial charge in [0.2, 0.25) is 5.91 Å². The van der Waals surface area contributed by atoms with Crippen LogP contribution in [0.1, 0.15) is 25.1 Å². The Bertz CT molecular complexity index is 678. The van der Waals surface area contributed by atoms with Crippen LogP contribution in [0.3, 0.4) is 0 Å². The van der Waals surface area contributed by atoms with Crippen molar-refractivity contribution in [1.82, 2.24) is 20.5 Å². The molecule has 0 aliphatic heterocycles. The van der Waals surface area contributed by atoms with Crippen LogP contribution in [0.5, 0.6) is 0 Å². The first kappa shape index (κ1) is 14.4. The Balaban J connectivity index is 1.58. The smallest absolute Gasteiger partial charge is 0.223 e. The summed E-state index contributed by atoms with van der Waals surface area (Å²) in [5.74, 6) is 0.866. The topological polar surface area (TPSA) is 70.7 Å². The van der Waals surface area contributed by atoms with Crippen LogP contribution in [-0.2, 0) is 11.3 Å². The van der Waals surface area contributed by atoms with Gasteiger partial charge in [-0.2, -0.15) is 5.10 Å². The van der Waals surface area contributed by atoms with E-state index < -0.39 is 0 Å². The van der Waals surface area contributed by atoms with E-state index in [0.717, 1.165) is 24.8 Å². The van der Waals surface area contributed by atoms with E-state index in [9.17, 15) is 9.18 Å². The highest BCUT2D eigenvalue weighted by atomic mass is 19.1. The van der Waals surface area contributed by atoms with E-state index in [1.54, 1.807) is 12.1 Å². The zero-order chi connectivity index (χ0) is 15.4. The van der Waals surface area contributed by atoms with Crippen molar-refractivity contribution in [2.45, 2.75) is 25.8 Å². The molecular formula is C16H17FN4O. The van der Waals surface area contributed by atoms with Crippen LogP contribution in [0.25, 0.3) is 11.4 Å². The Morgan fingerprint density at radius 2 is 2.14 bits per heavy atom. The van der Waals surface area contributed by atoms with Gasteiger partial charge < -0.3 is 5.32 Å². The van der Waals surface area contributed by atoms with Gasteiger partial charge in [-0.05, 0) is 43.5 Å². The van der Waals surface area contributed by atoms with Crippen molar-refractivity contribution in [3.05, 3.63) is 48.1 Å². The highest BCUT2D eigenvalue weighted by Gasteiger charge is 2.18. The van der Waals surface area contributed by atoms with E-state index in [1.807, 2.05) is 0 Å². The van der Waals surface area contributed by atoms with Crippen molar-refractivity contribution in [2.24, 2.45) is 5.92 Å². The predicted octanol–water partition coefficient (Wildman–Crippen LogP) is 2.58. The van der Waals surface area contributed by atoms with Crippen molar-refractivity contribution >= 4 is 5.91 Å². The number of nitrogens with zero attached hydrogens (tertiary/aromatic N) is 2. The van der Waals surface area contributed by atoms with Crippen LogP contribution in [0.4, 0.5) is 4.39 Å². The number of aromatic amines is 1. The number of halogens is 1. The first-order chi connectivity index (χ1) is 10.7. The molecule has 0 saturated carbocycles. The van der Waals surface area contributed by atoms with Crippen LogP contribution in [-0.4, -0.2) is 21.1 Å². The second-order valence-corrected chi connectivity index (χ2v) is 5.31. The minimum atomic E-state index is -0.298. The van der Waals surface area contributed by atoms with E-state index in [-0.39, 0.29) is 17.6 Å². The van der Waals surface area contributed by atoms with Gasteiger partial charge in [0.1, 0.15) is 11.6 Å². The van der Waals surface area contributed by atoms with Crippen LogP contribution < -0.4 is 5.32 Å². The number of hydrogen-bond donors (Lipinski definition) is 2. The minimum Gasteiger partial charge on any atom is -0.349 e. The van der Waals surface area contributed by atoms with E-state index in [1.165, 1.54) is 12.1 Å². The lowest BCUT2D eigenvalue weighted by Crippen LogP contribution is -2.31. The van der Waals surface area contributed by atoms with Crippen LogP contribution in [0, 0.1) is 11.7 Å². The number of carbonyl (C=O) groups is 1. The van der Waals surface area contributed by atoms with E-state index in [4.69, 9.17) is 0 Å². The predicted molar refractivity (Wildman–Crippen MR) is 80.1 cm³/mol. The van der Waals surface area contributed by atoms with Gasteiger partial charge in [0.25, 0.3) is 0 Å². The highest BCUT2D eigenvalue weighted by Crippen LogP contribution is 2.18. The summed E-state index contributed by atoms with van der Waals surface area (Å²) in [5, 5.41) is 9.76. The molecule has 2 N–H and O–H groups in total. The number of benzene rings is 1. The fourth-order valence-corrected chi connectivity index (χ4v) is 2.45. The number of rotatable bonds is 4. The molecule has 1 amide bonds. The third-order valence-corrected chi connectivity index (χ3v) is 3.70. The fraction of sp³-hybridized carbons (Fsp3) is 0.312. The summed E-state index contributed by atoms with van der Waals surface area (Å²) < 4.78 is 12.9. The summed E-state index contributed by atoms with van der Waals surface area (Å²) in [6, 6.07) is 5.97. The van der Waals surface area contributed by atoms with Crippen molar-refractivity contribution in [1.29, 1.82) is 0 Å². The minimum absolute atomic E-state index is 0.0454. The molecule has 1 aromatic heterocycles. The summed E-state index contributed by atoms with van der Waals surface area (Å²) >= 11 is 0. The van der Waals surface area contributed by atoms with Gasteiger partial charge in [0, 0.05) is 11.5 Å². The quantitative estimate of drug-likeness (QED) is 0.853. The molecule has 2 aromatic rings. The zero-order valence-corrected chi connectivity index (χ0v) is 12.1. The Morgan fingerprint density at radius 1 is 1.32 bits per heavy atom. The van der Waals surface area contributed by atoms with Gasteiger partial charge in [-0.15, -0.1) is 0 Å². The van der Waals surface area contributed by atoms with Crippen LogP contribution >= 0.6 is 0 Å². The lowest BCUT2D eigenvalue weighted by molar-refractivity contribution is -0.125. The lowest BCUT2D eigenvalue weighted by Gasteiger charge is -2.16. The molecule has 22 heavy (non-hydrogen) atoms. The third kappa shape index (κ3) is 3.39. The molecule has 0 spiro atoms. The maximum atomic E-state index is 12.9. The summed E-state index contributed by atoms with van der Waals surface area (Å²) in [6.45, 7) is 0.313. The maximum absolute atomic E-state index is 12.9. The van der Waals surface area contributed by atoms with E-state index in [0.29, 0.717) is 18.2 Å². The molecule has 1 atom stereocenters. The largest absolute Gasteiger partial charge is 0.349 e. The standard InChI is InChI=1S/C16H17FN4O/c17-13-8-6-11(7-9-13)15-19-14(20-21-15)10-18-16(22)12-4-2-1-3-5-12/h1-2,6-9,12H,3-5,10H2,(H,18,22)(H,19,20,21). The molecule has 1 aromatic carbocycles. The number of carbonyl (C=O) groups excluding carboxylic acids is 1. The average Bonchev–Trinajstić information content (AvgIpc) is 3.03. The summed E-state index contributed by atoms with van der Waals surface area (Å²) in [7, 11) is 0. The molecular weight excluding hydrogens is 283 g/mol. The molecule has 1 heterocycles. The van der Waals surface area contributed by atoms with Crippen LogP contribution in [0.2, 0.25) is 0 Å². The van der Waals surface area contributed by atoms with Gasteiger partial charge in [-0.25, -0.2) is 9.37 Å². The molecule has 0 fully saturated rings. The van der Waals surface area contributed by atoms with Crippen molar-refractivity contribution in [3.63, 3.8) is 0 Å². The third-order valence-electron chi connectivity index (χ3n) is 3.70. The van der Waals surface area contributed by atoms with Crippen molar-refractivity contribution < 1.29 is 9.18 Å². The van der Waals surface area contributed by atoms with Gasteiger partial charge in [0.15, 0.2) is 5.82 Å². The Kier molecular flexibility index (Phi) is 4.27. The molecule has 0 radical (unpaired) electrons. The molecule has 1 aliphatic carbocycles. The van der Waals surface area contributed by atoms with E-state index >= 15 is 0 Å². The number of aromatic nitrogens is 3. The second kappa shape index (κ2) is 6.51. The Hall–Kier alpha value is -2.50. The molecule has 1 aliphatic rings. The molecule has 114 valence electrons. The summed E-state index contributed by atoms with van der Waals surface area (Å²) in [6.07, 6.45) is 6.79. The molecule has 5 nitrogen and oxygen atoms in total. The number of nitrogens with one attached hydrogen (secondary N) is 2. The van der Waals surface area contributed by atoms with Gasteiger partial charge in [-0.3, -0.25) is 9.89 Å². The summed E-state index contributed by atoms with van der Waals surface area (Å²) in [5.41, 5.74) is 0.729. The Labute approximate surface area is 127 Å². The highest BCUT2D eigenvalue weighted by molar-refractivity contribution is 5.78. The normalized spacial score (nSPS) is 17.4. The SMILES string of the molecule is O=C(NCc1nc(-c2ccc(F)cc2)n[nH]1)C1CC=CCC1. The lowest BCUT2D eigenvalue weighted by atomic mass is 9.94. The Morgan fingerprint density at radius 3 is 2.86 bits per heavy atom. The van der Waals surface area contributed by atoms with Crippen molar-refractivity contribution in [2.75, 3.05) is 0 Å². The van der Waals surface area contributed by atoms with Crippen LogP contribution in [0.15, 0.2) is 36.4 Å². The zero-order valence-electron chi connectivity index (χ0n) is 12.1. The molecule has 6 heteroatoms. The molecule has 0 saturated heterocycles. The fourth-order valence-electron chi connectivity index (χ4n) is 2.45. The maximum Gasteiger partial charge on any atom is 0.223 e. The first-order valence-electron chi connectivity index (χ1n) is 7.32. The second-order valence-electron chi connectivity index (χ2n) is 5.31.